The second kappa shape index (κ2) is 6.80. The van der Waals surface area contributed by atoms with Crippen LogP contribution < -0.4 is 10.2 Å². The van der Waals surface area contributed by atoms with Crippen molar-refractivity contribution in [3.63, 3.8) is 0 Å². The van der Waals surface area contributed by atoms with Gasteiger partial charge in [0.05, 0.1) is 11.8 Å². The normalized spacial score (nSPS) is 12.9. The van der Waals surface area contributed by atoms with Gasteiger partial charge in [-0.05, 0) is 56.2 Å². The zero-order valence-corrected chi connectivity index (χ0v) is 16.4. The third-order valence-corrected chi connectivity index (χ3v) is 5.07. The van der Waals surface area contributed by atoms with Gasteiger partial charge in [0.2, 0.25) is 5.82 Å². The molecule has 4 aromatic rings. The molecule has 1 aliphatic rings. The second-order valence-corrected chi connectivity index (χ2v) is 7.20. The van der Waals surface area contributed by atoms with E-state index in [1.165, 1.54) is 12.5 Å². The van der Waals surface area contributed by atoms with E-state index in [0.717, 1.165) is 22.6 Å². The van der Waals surface area contributed by atoms with E-state index >= 15 is 0 Å². The lowest BCUT2D eigenvalue weighted by Crippen LogP contribution is -2.28. The maximum Gasteiger partial charge on any atom is 0.295 e. The number of benzene rings is 1. The summed E-state index contributed by atoms with van der Waals surface area (Å²) in [6, 6.07) is 9.00. The highest BCUT2D eigenvalue weighted by Gasteiger charge is 2.26. The molecule has 0 atom stereocenters. The monoisotopic (exact) mass is 402 g/mol. The fourth-order valence-corrected chi connectivity index (χ4v) is 3.68. The Kier molecular flexibility index (Phi) is 4.09. The topological polar surface area (TPSA) is 106 Å². The summed E-state index contributed by atoms with van der Waals surface area (Å²) in [5.74, 6) is -0.0818. The smallest absolute Gasteiger partial charge is 0.295 e. The molecule has 5 rings (SSSR count). The number of aromatic nitrogens is 4. The highest BCUT2D eigenvalue weighted by molar-refractivity contribution is 6.07. The van der Waals surface area contributed by atoms with Crippen LogP contribution in [0.5, 0.6) is 0 Å². The van der Waals surface area contributed by atoms with Gasteiger partial charge in [0.25, 0.3) is 17.6 Å². The molecule has 0 saturated heterocycles. The van der Waals surface area contributed by atoms with E-state index in [2.05, 4.69) is 20.4 Å². The summed E-state index contributed by atoms with van der Waals surface area (Å²) in [5, 5.41) is 7.09. The molecule has 0 radical (unpaired) electrons. The number of rotatable bonds is 3. The van der Waals surface area contributed by atoms with E-state index in [-0.39, 0.29) is 11.7 Å². The molecule has 2 amide bonds. The van der Waals surface area contributed by atoms with Crippen LogP contribution in [0.4, 0.5) is 11.4 Å². The molecule has 0 aliphatic carbocycles. The SMILES string of the molecule is Cc1cc(C)n2nc(C(=O)Nc3ccc4c(c3)CCN4C(=O)c3ccoc3)nc2n1. The first-order valence-electron chi connectivity index (χ1n) is 9.49. The Bertz CT molecular complexity index is 1290. The Morgan fingerprint density at radius 2 is 2.00 bits per heavy atom. The first kappa shape index (κ1) is 18.0. The minimum absolute atomic E-state index is 0.0495. The van der Waals surface area contributed by atoms with E-state index in [4.69, 9.17) is 4.42 Å². The van der Waals surface area contributed by atoms with Crippen LogP contribution >= 0.6 is 0 Å². The number of fused-ring (bicyclic) bond motifs is 2. The van der Waals surface area contributed by atoms with Gasteiger partial charge in [-0.3, -0.25) is 9.59 Å². The van der Waals surface area contributed by atoms with Crippen LogP contribution in [0.25, 0.3) is 5.78 Å². The van der Waals surface area contributed by atoms with Crippen LogP contribution in [-0.2, 0) is 6.42 Å². The number of hydrogen-bond donors (Lipinski definition) is 1. The highest BCUT2D eigenvalue weighted by Crippen LogP contribution is 2.31. The standard InChI is InChI=1S/C21H18N6O3/c1-12-9-13(2)27-21(22-12)24-18(25-27)19(28)23-16-3-4-17-14(10-16)5-7-26(17)20(29)15-6-8-30-11-15/h3-4,6,8-11H,5,7H2,1-2H3,(H,23,28). The van der Waals surface area contributed by atoms with Crippen LogP contribution in [0, 0.1) is 13.8 Å². The average Bonchev–Trinajstić information content (AvgIpc) is 3.46. The number of aryl methyl sites for hydroxylation is 2. The fourth-order valence-electron chi connectivity index (χ4n) is 3.68. The summed E-state index contributed by atoms with van der Waals surface area (Å²) in [6.07, 6.45) is 3.63. The molecule has 9 nitrogen and oxygen atoms in total. The zero-order valence-electron chi connectivity index (χ0n) is 16.4. The van der Waals surface area contributed by atoms with Gasteiger partial charge in [0, 0.05) is 29.3 Å². The van der Waals surface area contributed by atoms with E-state index < -0.39 is 5.91 Å². The van der Waals surface area contributed by atoms with Gasteiger partial charge in [-0.2, -0.15) is 4.98 Å². The van der Waals surface area contributed by atoms with E-state index in [9.17, 15) is 9.59 Å². The van der Waals surface area contributed by atoms with Gasteiger partial charge >= 0.3 is 0 Å². The molecule has 4 heterocycles. The molecule has 3 aromatic heterocycles. The first-order valence-corrected chi connectivity index (χ1v) is 9.49. The van der Waals surface area contributed by atoms with Gasteiger partial charge in [-0.15, -0.1) is 5.10 Å². The summed E-state index contributed by atoms with van der Waals surface area (Å²) in [6.45, 7) is 4.33. The van der Waals surface area contributed by atoms with Crippen LogP contribution in [0.2, 0.25) is 0 Å². The Morgan fingerprint density at radius 1 is 1.13 bits per heavy atom. The number of carbonyl (C=O) groups is 2. The molecular weight excluding hydrogens is 384 g/mol. The molecule has 1 N–H and O–H groups in total. The number of carbonyl (C=O) groups excluding carboxylic acids is 2. The van der Waals surface area contributed by atoms with Crippen molar-refractivity contribution >= 4 is 29.0 Å². The number of anilines is 2. The maximum atomic E-state index is 12.7. The molecule has 9 heteroatoms. The third kappa shape index (κ3) is 3.00. The van der Waals surface area contributed by atoms with Crippen LogP contribution in [-0.4, -0.2) is 37.9 Å². The quantitative estimate of drug-likeness (QED) is 0.565. The second-order valence-electron chi connectivity index (χ2n) is 7.20. The molecular formula is C21H18N6O3. The Labute approximate surface area is 171 Å². The highest BCUT2D eigenvalue weighted by atomic mass is 16.3. The van der Waals surface area contributed by atoms with Crippen molar-refractivity contribution in [2.45, 2.75) is 20.3 Å². The number of furan rings is 1. The molecule has 0 fully saturated rings. The van der Waals surface area contributed by atoms with Crippen molar-refractivity contribution in [1.29, 1.82) is 0 Å². The van der Waals surface area contributed by atoms with Crippen LogP contribution in [0.15, 0.2) is 47.3 Å². The predicted octanol–water partition coefficient (Wildman–Crippen LogP) is 2.79. The van der Waals surface area contributed by atoms with E-state index in [0.29, 0.717) is 30.0 Å². The number of nitrogens with one attached hydrogen (secondary N) is 1. The average molecular weight is 402 g/mol. The van der Waals surface area contributed by atoms with Gasteiger partial charge in [0.15, 0.2) is 0 Å². The maximum absolute atomic E-state index is 12.7. The molecule has 0 unspecified atom stereocenters. The Balaban J connectivity index is 1.37. The Hall–Kier alpha value is -4.01. The van der Waals surface area contributed by atoms with Crippen molar-refractivity contribution in [1.82, 2.24) is 19.6 Å². The summed E-state index contributed by atoms with van der Waals surface area (Å²) < 4.78 is 6.56. The van der Waals surface area contributed by atoms with Gasteiger partial charge in [0.1, 0.15) is 6.26 Å². The molecule has 150 valence electrons. The predicted molar refractivity (Wildman–Crippen MR) is 109 cm³/mol. The van der Waals surface area contributed by atoms with Gasteiger partial charge < -0.3 is 14.6 Å². The van der Waals surface area contributed by atoms with E-state index in [1.807, 2.05) is 32.0 Å². The fraction of sp³-hybridized carbons (Fsp3) is 0.190. The summed E-state index contributed by atoms with van der Waals surface area (Å²) in [7, 11) is 0. The van der Waals surface area contributed by atoms with Crippen molar-refractivity contribution in [3.8, 4) is 0 Å². The number of nitrogens with zero attached hydrogens (tertiary/aromatic N) is 5. The summed E-state index contributed by atoms with van der Waals surface area (Å²) in [5.41, 5.74) is 4.62. The molecule has 0 spiro atoms. The molecule has 0 bridgehead atoms. The van der Waals surface area contributed by atoms with E-state index in [1.54, 1.807) is 21.5 Å². The summed E-state index contributed by atoms with van der Waals surface area (Å²) in [4.78, 5) is 35.5. The lowest BCUT2D eigenvalue weighted by molar-refractivity contribution is 0.0986. The largest absolute Gasteiger partial charge is 0.472 e. The van der Waals surface area contributed by atoms with Crippen molar-refractivity contribution in [2.75, 3.05) is 16.8 Å². The molecule has 30 heavy (non-hydrogen) atoms. The lowest BCUT2D eigenvalue weighted by Gasteiger charge is -2.16. The Morgan fingerprint density at radius 3 is 2.80 bits per heavy atom. The molecule has 1 aromatic carbocycles. The van der Waals surface area contributed by atoms with Crippen molar-refractivity contribution in [2.24, 2.45) is 0 Å². The van der Waals surface area contributed by atoms with Gasteiger partial charge in [-0.1, -0.05) is 0 Å². The van der Waals surface area contributed by atoms with Crippen LogP contribution in [0.3, 0.4) is 0 Å². The lowest BCUT2D eigenvalue weighted by atomic mass is 10.1. The third-order valence-electron chi connectivity index (χ3n) is 5.07. The van der Waals surface area contributed by atoms with Crippen LogP contribution in [0.1, 0.15) is 37.9 Å². The zero-order chi connectivity index (χ0) is 20.8. The minimum atomic E-state index is -0.415. The first-order chi connectivity index (χ1) is 14.5. The van der Waals surface area contributed by atoms with Crippen molar-refractivity contribution < 1.29 is 14.0 Å². The van der Waals surface area contributed by atoms with Gasteiger partial charge in [-0.25, -0.2) is 9.50 Å². The van der Waals surface area contributed by atoms with Crippen molar-refractivity contribution in [3.05, 3.63) is 71.2 Å². The molecule has 0 saturated carbocycles. The molecule has 1 aliphatic heterocycles. The summed E-state index contributed by atoms with van der Waals surface area (Å²) >= 11 is 0. The minimum Gasteiger partial charge on any atom is -0.472 e. The number of hydrogen-bond acceptors (Lipinski definition) is 6. The number of amides is 2.